The van der Waals surface area contributed by atoms with E-state index in [1.807, 2.05) is 52.0 Å². The number of sulfonamides is 1. The van der Waals surface area contributed by atoms with Crippen molar-refractivity contribution in [3.05, 3.63) is 65.2 Å². The van der Waals surface area contributed by atoms with Crippen molar-refractivity contribution in [2.45, 2.75) is 71.8 Å². The molecule has 2 aromatic carbocycles. The molecule has 0 radical (unpaired) electrons. The van der Waals surface area contributed by atoms with Gasteiger partial charge < -0.3 is 10.2 Å². The van der Waals surface area contributed by atoms with Crippen LogP contribution in [-0.2, 0) is 32.3 Å². The number of nitrogens with zero attached hydrogens (tertiary/aromatic N) is 2. The number of halogens is 3. The van der Waals surface area contributed by atoms with Crippen LogP contribution in [0, 0.1) is 6.92 Å². The molecule has 38 heavy (non-hydrogen) atoms. The zero-order chi connectivity index (χ0) is 28.7. The molecule has 7 nitrogen and oxygen atoms in total. The van der Waals surface area contributed by atoms with E-state index in [0.717, 1.165) is 39.9 Å². The Bertz CT molecular complexity index is 1220. The molecule has 0 heterocycles. The quantitative estimate of drug-likeness (QED) is 0.404. The SMILES string of the molecule is CC[C@H](C(=O)NC(C)C)N(Cc1ccccc1C)C(=O)CCCN(c1cccc(C(F)(F)F)c1)S(C)(=O)=O. The summed E-state index contributed by atoms with van der Waals surface area (Å²) in [5.41, 5.74) is 0.732. The lowest BCUT2D eigenvalue weighted by Gasteiger charge is -2.32. The Labute approximate surface area is 223 Å². The molecule has 11 heteroatoms. The Morgan fingerprint density at radius 3 is 2.26 bits per heavy atom. The number of alkyl halides is 3. The van der Waals surface area contributed by atoms with Crippen molar-refractivity contribution in [3.8, 4) is 0 Å². The Kier molecular flexibility index (Phi) is 10.8. The molecule has 0 bridgehead atoms. The number of carbonyl (C=O) groups is 2. The van der Waals surface area contributed by atoms with Gasteiger partial charge in [0.25, 0.3) is 0 Å². The van der Waals surface area contributed by atoms with Gasteiger partial charge in [0.15, 0.2) is 0 Å². The first kappa shape index (κ1) is 31.1. The van der Waals surface area contributed by atoms with E-state index in [-0.39, 0.29) is 49.5 Å². The zero-order valence-electron chi connectivity index (χ0n) is 22.4. The average Bonchev–Trinajstić information content (AvgIpc) is 2.81. The van der Waals surface area contributed by atoms with E-state index in [1.54, 1.807) is 0 Å². The van der Waals surface area contributed by atoms with E-state index in [2.05, 4.69) is 5.32 Å². The van der Waals surface area contributed by atoms with Crippen molar-refractivity contribution in [1.29, 1.82) is 0 Å². The minimum atomic E-state index is -4.63. The number of amides is 2. The summed E-state index contributed by atoms with van der Waals surface area (Å²) in [6.07, 6.45) is -3.40. The average molecular weight is 556 g/mol. The van der Waals surface area contributed by atoms with Crippen molar-refractivity contribution in [2.24, 2.45) is 0 Å². The van der Waals surface area contributed by atoms with Crippen LogP contribution in [-0.4, -0.2) is 50.0 Å². The molecular formula is C27H36F3N3O4S. The molecular weight excluding hydrogens is 519 g/mol. The minimum Gasteiger partial charge on any atom is -0.352 e. The summed E-state index contributed by atoms with van der Waals surface area (Å²) < 4.78 is 65.3. The lowest BCUT2D eigenvalue weighted by Crippen LogP contribution is -2.50. The van der Waals surface area contributed by atoms with Crippen LogP contribution in [0.1, 0.15) is 56.7 Å². The molecule has 0 saturated heterocycles. The normalized spacial score (nSPS) is 12.8. The summed E-state index contributed by atoms with van der Waals surface area (Å²) in [6.45, 7) is 7.36. The van der Waals surface area contributed by atoms with Gasteiger partial charge in [0.05, 0.1) is 17.5 Å². The lowest BCUT2D eigenvalue weighted by atomic mass is 10.0. The van der Waals surface area contributed by atoms with Gasteiger partial charge >= 0.3 is 6.18 Å². The van der Waals surface area contributed by atoms with Gasteiger partial charge in [0, 0.05) is 25.6 Å². The summed E-state index contributed by atoms with van der Waals surface area (Å²) in [5.74, 6) is -0.636. The molecule has 0 saturated carbocycles. The molecule has 2 amide bonds. The molecule has 1 N–H and O–H groups in total. The molecule has 1 atom stereocenters. The molecule has 0 spiro atoms. The summed E-state index contributed by atoms with van der Waals surface area (Å²) in [7, 11) is -3.92. The minimum absolute atomic E-state index is 0.0503. The maximum absolute atomic E-state index is 13.4. The summed E-state index contributed by atoms with van der Waals surface area (Å²) in [5, 5.41) is 2.85. The molecule has 2 aromatic rings. The van der Waals surface area contributed by atoms with Crippen LogP contribution in [0.25, 0.3) is 0 Å². The van der Waals surface area contributed by atoms with Gasteiger partial charge in [0.1, 0.15) is 6.04 Å². The maximum atomic E-state index is 13.4. The van der Waals surface area contributed by atoms with Gasteiger partial charge in [-0.15, -0.1) is 0 Å². The summed E-state index contributed by atoms with van der Waals surface area (Å²) >= 11 is 0. The second-order valence-electron chi connectivity index (χ2n) is 9.52. The number of anilines is 1. The van der Waals surface area contributed by atoms with Gasteiger partial charge in [-0.25, -0.2) is 8.42 Å². The van der Waals surface area contributed by atoms with E-state index >= 15 is 0 Å². The fraction of sp³-hybridized carbons (Fsp3) is 0.481. The predicted octanol–water partition coefficient (Wildman–Crippen LogP) is 4.89. The molecule has 2 rings (SSSR count). The van der Waals surface area contributed by atoms with Crippen LogP contribution in [0.15, 0.2) is 48.5 Å². The van der Waals surface area contributed by atoms with Crippen LogP contribution >= 0.6 is 0 Å². The van der Waals surface area contributed by atoms with Crippen molar-refractivity contribution >= 4 is 27.5 Å². The second kappa shape index (κ2) is 13.1. The van der Waals surface area contributed by atoms with Crippen LogP contribution in [0.4, 0.5) is 18.9 Å². The number of nitrogens with one attached hydrogen (secondary N) is 1. The molecule has 210 valence electrons. The third kappa shape index (κ3) is 8.75. The predicted molar refractivity (Wildman–Crippen MR) is 142 cm³/mol. The topological polar surface area (TPSA) is 86.8 Å². The third-order valence-corrected chi connectivity index (χ3v) is 7.23. The fourth-order valence-electron chi connectivity index (χ4n) is 4.11. The van der Waals surface area contributed by atoms with Crippen molar-refractivity contribution in [1.82, 2.24) is 10.2 Å². The number of hydrogen-bond donors (Lipinski definition) is 1. The Hall–Kier alpha value is -3.08. The van der Waals surface area contributed by atoms with Crippen molar-refractivity contribution < 1.29 is 31.2 Å². The van der Waals surface area contributed by atoms with Crippen LogP contribution < -0.4 is 9.62 Å². The molecule has 0 unspecified atom stereocenters. The Morgan fingerprint density at radius 1 is 1.05 bits per heavy atom. The first-order valence-electron chi connectivity index (χ1n) is 12.4. The van der Waals surface area contributed by atoms with E-state index in [4.69, 9.17) is 0 Å². The number of aryl methyl sites for hydroxylation is 1. The van der Waals surface area contributed by atoms with Crippen molar-refractivity contribution in [3.63, 3.8) is 0 Å². The van der Waals surface area contributed by atoms with Crippen LogP contribution in [0.3, 0.4) is 0 Å². The number of hydrogen-bond acceptors (Lipinski definition) is 4. The van der Waals surface area contributed by atoms with Crippen LogP contribution in [0.5, 0.6) is 0 Å². The molecule has 0 aliphatic rings. The van der Waals surface area contributed by atoms with E-state index in [0.29, 0.717) is 6.42 Å². The fourth-order valence-corrected chi connectivity index (χ4v) is 5.07. The van der Waals surface area contributed by atoms with Crippen LogP contribution in [0.2, 0.25) is 0 Å². The van der Waals surface area contributed by atoms with Gasteiger partial charge in [-0.05, 0) is 62.9 Å². The first-order chi connectivity index (χ1) is 17.6. The summed E-state index contributed by atoms with van der Waals surface area (Å²) in [4.78, 5) is 27.9. The molecule has 0 aromatic heterocycles. The number of carbonyl (C=O) groups excluding carboxylic acids is 2. The Balaban J connectivity index is 2.27. The number of benzene rings is 2. The van der Waals surface area contributed by atoms with Gasteiger partial charge in [-0.3, -0.25) is 13.9 Å². The lowest BCUT2D eigenvalue weighted by molar-refractivity contribution is -0.141. The zero-order valence-corrected chi connectivity index (χ0v) is 23.2. The highest BCUT2D eigenvalue weighted by atomic mass is 32.2. The third-order valence-electron chi connectivity index (χ3n) is 6.03. The summed E-state index contributed by atoms with van der Waals surface area (Å²) in [6, 6.07) is 10.7. The van der Waals surface area contributed by atoms with Gasteiger partial charge in [-0.2, -0.15) is 13.2 Å². The maximum Gasteiger partial charge on any atom is 0.416 e. The molecule has 0 aliphatic carbocycles. The highest BCUT2D eigenvalue weighted by Gasteiger charge is 2.32. The highest BCUT2D eigenvalue weighted by molar-refractivity contribution is 7.92. The molecule has 0 fully saturated rings. The van der Waals surface area contributed by atoms with Gasteiger partial charge in [0.2, 0.25) is 21.8 Å². The molecule has 0 aliphatic heterocycles. The largest absolute Gasteiger partial charge is 0.416 e. The Morgan fingerprint density at radius 2 is 1.71 bits per heavy atom. The first-order valence-corrected chi connectivity index (χ1v) is 14.3. The monoisotopic (exact) mass is 555 g/mol. The van der Waals surface area contributed by atoms with Gasteiger partial charge in [-0.1, -0.05) is 37.3 Å². The van der Waals surface area contributed by atoms with E-state index in [9.17, 15) is 31.2 Å². The van der Waals surface area contributed by atoms with E-state index in [1.165, 1.54) is 11.0 Å². The standard InChI is InChI=1S/C27H36F3N3O4S/c1-6-24(26(35)31-19(2)3)32(18-21-12-8-7-11-20(21)4)25(34)15-10-16-33(38(5,36)37)23-14-9-13-22(17-23)27(28,29)30/h7-9,11-14,17,19,24H,6,10,15-16,18H2,1-5H3,(H,31,35)/t24-/m1/s1. The highest BCUT2D eigenvalue weighted by Crippen LogP contribution is 2.32. The van der Waals surface area contributed by atoms with E-state index < -0.39 is 27.8 Å². The second-order valence-corrected chi connectivity index (χ2v) is 11.4. The van der Waals surface area contributed by atoms with Crippen molar-refractivity contribution in [2.75, 3.05) is 17.1 Å². The number of rotatable bonds is 12. The smallest absolute Gasteiger partial charge is 0.352 e.